The molecular weight excluding hydrogens is 501 g/mol. The number of fused-ring (bicyclic) bond motifs is 1. The van der Waals surface area contributed by atoms with Crippen LogP contribution in [0.2, 0.25) is 5.02 Å². The number of nitrogens with two attached hydrogens (primary N) is 1. The van der Waals surface area contributed by atoms with Crippen LogP contribution in [0.4, 0.5) is 18.0 Å². The van der Waals surface area contributed by atoms with Gasteiger partial charge in [0.1, 0.15) is 0 Å². The highest BCUT2D eigenvalue weighted by atomic mass is 35.5. The Bertz CT molecular complexity index is 1360. The fourth-order valence-electron chi connectivity index (χ4n) is 4.44. The van der Waals surface area contributed by atoms with E-state index < -0.39 is 11.7 Å². The van der Waals surface area contributed by atoms with Crippen LogP contribution in [0.25, 0.3) is 17.0 Å². The minimum Gasteiger partial charge on any atom is -0.328 e. The van der Waals surface area contributed by atoms with Crippen LogP contribution in [0, 0.1) is 5.92 Å². The Kier molecular flexibility index (Phi) is 6.14. The molecule has 5 rings (SSSR count). The van der Waals surface area contributed by atoms with E-state index in [0.717, 1.165) is 30.7 Å². The summed E-state index contributed by atoms with van der Waals surface area (Å²) in [4.78, 5) is 26.7. The van der Waals surface area contributed by atoms with Gasteiger partial charge in [0, 0.05) is 23.0 Å². The lowest BCUT2D eigenvalue weighted by atomic mass is 9.80. The van der Waals surface area contributed by atoms with E-state index in [1.54, 1.807) is 30.5 Å². The molecule has 1 aliphatic carbocycles. The van der Waals surface area contributed by atoms with E-state index in [0.29, 0.717) is 27.9 Å². The quantitative estimate of drug-likeness (QED) is 0.447. The molecule has 35 heavy (non-hydrogen) atoms. The maximum atomic E-state index is 13.5. The summed E-state index contributed by atoms with van der Waals surface area (Å²) in [5, 5.41) is 4.67. The second-order valence-corrected chi connectivity index (χ2v) is 10.2. The molecule has 2 heterocycles. The number of thioether (sulfide) groups is 1. The lowest BCUT2D eigenvalue weighted by molar-refractivity contribution is -0.138. The number of rotatable bonds is 5. The van der Waals surface area contributed by atoms with Gasteiger partial charge in [-0.15, -0.1) is 0 Å². The third-order valence-corrected chi connectivity index (χ3v) is 7.39. The zero-order chi connectivity index (χ0) is 24.9. The molecule has 6 nitrogen and oxygen atoms in total. The van der Waals surface area contributed by atoms with Crippen molar-refractivity contribution in [1.82, 2.24) is 14.7 Å². The zero-order valence-electron chi connectivity index (χ0n) is 18.3. The van der Waals surface area contributed by atoms with Crippen molar-refractivity contribution in [1.29, 1.82) is 0 Å². The maximum absolute atomic E-state index is 13.5. The topological polar surface area (TPSA) is 81.2 Å². The van der Waals surface area contributed by atoms with Gasteiger partial charge in [0.05, 0.1) is 28.7 Å². The van der Waals surface area contributed by atoms with E-state index in [4.69, 9.17) is 17.3 Å². The van der Waals surface area contributed by atoms with Gasteiger partial charge < -0.3 is 5.73 Å². The van der Waals surface area contributed by atoms with Gasteiger partial charge in [-0.05, 0) is 72.0 Å². The van der Waals surface area contributed by atoms with E-state index in [9.17, 15) is 22.8 Å². The Morgan fingerprint density at radius 1 is 1.17 bits per heavy atom. The Morgan fingerprint density at radius 2 is 1.94 bits per heavy atom. The van der Waals surface area contributed by atoms with E-state index in [1.807, 2.05) is 0 Å². The highest BCUT2D eigenvalue weighted by Crippen LogP contribution is 2.37. The van der Waals surface area contributed by atoms with E-state index in [2.05, 4.69) is 5.10 Å². The monoisotopic (exact) mass is 520 g/mol. The molecule has 11 heteroatoms. The first-order valence-electron chi connectivity index (χ1n) is 10.9. The second-order valence-electron chi connectivity index (χ2n) is 8.81. The molecule has 2 aromatic carbocycles. The van der Waals surface area contributed by atoms with Gasteiger partial charge in [0.15, 0.2) is 0 Å². The van der Waals surface area contributed by atoms with Crippen LogP contribution in [0.15, 0.2) is 47.5 Å². The summed E-state index contributed by atoms with van der Waals surface area (Å²) in [6.07, 6.45) is 0.282. The summed E-state index contributed by atoms with van der Waals surface area (Å²) in [6, 6.07) is 9.08. The average molecular weight is 521 g/mol. The zero-order valence-corrected chi connectivity index (χ0v) is 19.8. The number of hydrogen-bond acceptors (Lipinski definition) is 5. The Balaban J connectivity index is 1.37. The third-order valence-electron chi connectivity index (χ3n) is 6.25. The Morgan fingerprint density at radius 3 is 2.66 bits per heavy atom. The third kappa shape index (κ3) is 4.82. The number of hydrogen-bond donors (Lipinski definition) is 1. The smallest absolute Gasteiger partial charge is 0.328 e. The molecule has 2 amide bonds. The first-order chi connectivity index (χ1) is 16.6. The lowest BCUT2D eigenvalue weighted by Gasteiger charge is -2.34. The predicted octanol–water partition coefficient (Wildman–Crippen LogP) is 5.53. The molecule has 2 aliphatic rings. The summed E-state index contributed by atoms with van der Waals surface area (Å²) in [7, 11) is 0. The van der Waals surface area contributed by atoms with Gasteiger partial charge in [-0.25, -0.2) is 0 Å². The fourth-order valence-corrected chi connectivity index (χ4v) is 5.46. The van der Waals surface area contributed by atoms with Crippen molar-refractivity contribution >= 4 is 51.5 Å². The normalized spacial score (nSPS) is 21.9. The molecule has 1 saturated carbocycles. The van der Waals surface area contributed by atoms with Crippen molar-refractivity contribution in [2.45, 2.75) is 31.6 Å². The van der Waals surface area contributed by atoms with Crippen molar-refractivity contribution in [3.63, 3.8) is 0 Å². The highest BCUT2D eigenvalue weighted by Gasteiger charge is 2.39. The summed E-state index contributed by atoms with van der Waals surface area (Å²) < 4.78 is 41.9. The molecule has 2 N–H and O–H groups in total. The van der Waals surface area contributed by atoms with Crippen LogP contribution >= 0.6 is 23.4 Å². The Hall–Kier alpha value is -2.82. The van der Waals surface area contributed by atoms with Crippen LogP contribution in [-0.4, -0.2) is 38.4 Å². The van der Waals surface area contributed by atoms with Gasteiger partial charge in [0.25, 0.3) is 11.1 Å². The van der Waals surface area contributed by atoms with Gasteiger partial charge in [-0.3, -0.25) is 19.2 Å². The van der Waals surface area contributed by atoms with Crippen LogP contribution in [-0.2, 0) is 17.5 Å². The highest BCUT2D eigenvalue weighted by molar-refractivity contribution is 8.18. The van der Waals surface area contributed by atoms with Gasteiger partial charge in [0.2, 0.25) is 0 Å². The predicted molar refractivity (Wildman–Crippen MR) is 129 cm³/mol. The fraction of sp³-hybridized carbons (Fsp3) is 0.292. The molecule has 0 radical (unpaired) electrons. The van der Waals surface area contributed by atoms with E-state index in [1.165, 1.54) is 21.7 Å². The summed E-state index contributed by atoms with van der Waals surface area (Å²) in [5.74, 6) is -0.0720. The van der Waals surface area contributed by atoms with Crippen molar-refractivity contribution in [2.75, 3.05) is 6.54 Å². The number of amides is 2. The molecule has 3 aromatic rings. The van der Waals surface area contributed by atoms with E-state index >= 15 is 0 Å². The van der Waals surface area contributed by atoms with Gasteiger partial charge in [-0.2, -0.15) is 18.3 Å². The number of carbonyl (C=O) groups is 2. The van der Waals surface area contributed by atoms with Crippen LogP contribution in [0.3, 0.4) is 0 Å². The minimum absolute atomic E-state index is 0.0108. The molecule has 0 spiro atoms. The molecule has 0 unspecified atom stereocenters. The first kappa shape index (κ1) is 23.9. The second kappa shape index (κ2) is 9.00. The number of benzene rings is 2. The minimum atomic E-state index is -4.54. The van der Waals surface area contributed by atoms with Crippen LogP contribution in [0.5, 0.6) is 0 Å². The standard InChI is InChI=1S/C24H20ClF3N4O2S/c25-17-3-2-15(19(9-17)24(26,27)28)12-32-20-4-1-13(5-16(20)10-30-32)8-21-22(33)31(23(34)35-21)11-14-6-18(29)7-14/h1-5,8-10,14,18H,6-7,11-12,29H2/b21-8-. The van der Waals surface area contributed by atoms with Crippen molar-refractivity contribution < 1.29 is 22.8 Å². The molecular formula is C24H20ClF3N4O2S. The van der Waals surface area contributed by atoms with Crippen molar-refractivity contribution in [3.8, 4) is 0 Å². The molecule has 2 fully saturated rings. The van der Waals surface area contributed by atoms with Crippen molar-refractivity contribution in [3.05, 3.63) is 69.2 Å². The summed E-state index contributed by atoms with van der Waals surface area (Å²) in [6.45, 7) is 0.296. The van der Waals surface area contributed by atoms with Gasteiger partial charge in [-0.1, -0.05) is 23.7 Å². The van der Waals surface area contributed by atoms with Crippen LogP contribution < -0.4 is 5.73 Å². The molecule has 0 atom stereocenters. The number of alkyl halides is 3. The lowest BCUT2D eigenvalue weighted by Crippen LogP contribution is -2.44. The molecule has 1 saturated heterocycles. The summed E-state index contributed by atoms with van der Waals surface area (Å²) >= 11 is 6.67. The van der Waals surface area contributed by atoms with Crippen LogP contribution in [0.1, 0.15) is 29.5 Å². The molecule has 1 aromatic heterocycles. The SMILES string of the molecule is NC1CC(CN2C(=O)S/C(=C\c3ccc4c(cnn4Cc4ccc(Cl)cc4C(F)(F)F)c3)C2=O)C1. The first-order valence-corrected chi connectivity index (χ1v) is 12.1. The summed E-state index contributed by atoms with van der Waals surface area (Å²) in [5.41, 5.74) is 6.38. The number of halogens is 4. The van der Waals surface area contributed by atoms with E-state index in [-0.39, 0.29) is 40.2 Å². The number of imide groups is 1. The van der Waals surface area contributed by atoms with Crippen molar-refractivity contribution in [2.24, 2.45) is 11.7 Å². The number of carbonyl (C=O) groups excluding carboxylic acids is 2. The molecule has 182 valence electrons. The Labute approximate surface area is 207 Å². The molecule has 1 aliphatic heterocycles. The number of nitrogens with zero attached hydrogens (tertiary/aromatic N) is 3. The molecule has 0 bridgehead atoms. The largest absolute Gasteiger partial charge is 0.416 e. The van der Waals surface area contributed by atoms with Gasteiger partial charge >= 0.3 is 6.18 Å². The average Bonchev–Trinajstić information content (AvgIpc) is 3.28. The maximum Gasteiger partial charge on any atom is 0.416 e. The number of aromatic nitrogens is 2.